The average Bonchev–Trinajstić information content (AvgIpc) is 3.10. The molecule has 40 heavy (non-hydrogen) atoms. The number of nitrogens with zero attached hydrogens (tertiary/aromatic N) is 1. The molecule has 1 amide bonds. The molecule has 0 fully saturated rings. The molecule has 0 bridgehead atoms. The number of fused-ring (bicyclic) bond motifs is 1. The number of hydrogen-bond acceptors (Lipinski definition) is 4. The van der Waals surface area contributed by atoms with Crippen molar-refractivity contribution in [2.24, 2.45) is 5.92 Å². The average molecular weight is 541 g/mol. The number of nitrogens with one attached hydrogen (secondary N) is 1. The maximum Gasteiger partial charge on any atom is 0.230 e. The van der Waals surface area contributed by atoms with Crippen molar-refractivity contribution in [2.45, 2.75) is 64.8 Å². The van der Waals surface area contributed by atoms with Gasteiger partial charge in [0.25, 0.3) is 0 Å². The first-order valence-electron chi connectivity index (χ1n) is 14.3. The molecule has 208 valence electrons. The second-order valence-corrected chi connectivity index (χ2v) is 11.0. The van der Waals surface area contributed by atoms with Gasteiger partial charge in [-0.2, -0.15) is 0 Å². The number of benzene rings is 3. The van der Waals surface area contributed by atoms with E-state index in [0.717, 1.165) is 53.2 Å². The number of carbonyl (C=O) groups excluding carboxylic acids is 2. The lowest BCUT2D eigenvalue weighted by molar-refractivity contribution is -0.121. The summed E-state index contributed by atoms with van der Waals surface area (Å²) in [5.41, 5.74) is 4.73. The maximum atomic E-state index is 14.0. The van der Waals surface area contributed by atoms with Crippen molar-refractivity contribution in [1.29, 1.82) is 0 Å². The molecule has 0 saturated heterocycles. The standard InChI is InChI=1S/C34H37FN2O3/c1-4-5-8-19-40-27-17-13-24(14-18-27)33-32-29(20-25(21-31(32)38)23-11-15-26(35)16-12-23)36-28-9-6-7-10-30(28)37(33)34(39)22(2)3/h6-7,9-18,22,25,33,36H,4-5,8,19-21H2,1-3H3/t25-,33+/m1/s1. The van der Waals surface area contributed by atoms with Gasteiger partial charge in [-0.3, -0.25) is 14.5 Å². The van der Waals surface area contributed by atoms with Crippen molar-refractivity contribution >= 4 is 23.1 Å². The quantitative estimate of drug-likeness (QED) is 0.295. The predicted octanol–water partition coefficient (Wildman–Crippen LogP) is 7.95. The van der Waals surface area contributed by atoms with Gasteiger partial charge in [0.15, 0.2) is 5.78 Å². The van der Waals surface area contributed by atoms with Crippen LogP contribution in [0.1, 0.15) is 76.0 Å². The topological polar surface area (TPSA) is 58.6 Å². The smallest absolute Gasteiger partial charge is 0.230 e. The lowest BCUT2D eigenvalue weighted by Gasteiger charge is -2.36. The second kappa shape index (κ2) is 12.1. The van der Waals surface area contributed by atoms with Gasteiger partial charge < -0.3 is 10.1 Å². The predicted molar refractivity (Wildman–Crippen MR) is 157 cm³/mol. The number of unbranched alkanes of at least 4 members (excludes halogenated alkanes) is 2. The minimum absolute atomic E-state index is 0.0117. The molecule has 2 atom stereocenters. The number of hydrogen-bond donors (Lipinski definition) is 1. The van der Waals surface area contributed by atoms with Crippen LogP contribution in [0.25, 0.3) is 0 Å². The van der Waals surface area contributed by atoms with Gasteiger partial charge >= 0.3 is 0 Å². The summed E-state index contributed by atoms with van der Waals surface area (Å²) in [6.45, 7) is 6.59. The third kappa shape index (κ3) is 5.67. The molecule has 2 aliphatic rings. The molecule has 1 N–H and O–H groups in total. The molecule has 0 aromatic heterocycles. The number of Topliss-reactive ketones (excluding diaryl/α,β-unsaturated/α-hetero) is 1. The summed E-state index contributed by atoms with van der Waals surface area (Å²) in [6, 6.07) is 21.3. The minimum atomic E-state index is -0.586. The zero-order valence-electron chi connectivity index (χ0n) is 23.5. The third-order valence-corrected chi connectivity index (χ3v) is 7.77. The van der Waals surface area contributed by atoms with Crippen LogP contribution in [0.2, 0.25) is 0 Å². The van der Waals surface area contributed by atoms with Gasteiger partial charge in [0.2, 0.25) is 5.91 Å². The fourth-order valence-electron chi connectivity index (χ4n) is 5.69. The summed E-state index contributed by atoms with van der Waals surface area (Å²) >= 11 is 0. The van der Waals surface area contributed by atoms with E-state index in [2.05, 4.69) is 12.2 Å². The molecule has 0 spiro atoms. The molecular formula is C34H37FN2O3. The molecule has 3 aromatic rings. The Bertz CT molecular complexity index is 1400. The van der Waals surface area contributed by atoms with E-state index in [-0.39, 0.29) is 29.3 Å². The molecule has 0 saturated carbocycles. The van der Waals surface area contributed by atoms with E-state index in [1.54, 1.807) is 17.0 Å². The van der Waals surface area contributed by atoms with E-state index in [1.807, 2.05) is 62.4 Å². The van der Waals surface area contributed by atoms with Crippen LogP contribution in [0.5, 0.6) is 5.75 Å². The minimum Gasteiger partial charge on any atom is -0.494 e. The summed E-state index contributed by atoms with van der Waals surface area (Å²) in [6.07, 6.45) is 4.13. The fraction of sp³-hybridized carbons (Fsp3) is 0.353. The Morgan fingerprint density at radius 2 is 1.68 bits per heavy atom. The first kappa shape index (κ1) is 27.6. The van der Waals surface area contributed by atoms with Crippen LogP contribution >= 0.6 is 0 Å². The van der Waals surface area contributed by atoms with Gasteiger partial charge in [0, 0.05) is 23.6 Å². The van der Waals surface area contributed by atoms with E-state index in [1.165, 1.54) is 12.1 Å². The molecular weight excluding hydrogens is 503 g/mol. The van der Waals surface area contributed by atoms with Crippen LogP contribution < -0.4 is 15.0 Å². The molecule has 5 rings (SSSR count). The fourth-order valence-corrected chi connectivity index (χ4v) is 5.69. The van der Waals surface area contributed by atoms with Crippen LogP contribution in [-0.2, 0) is 9.59 Å². The van der Waals surface area contributed by atoms with E-state index in [9.17, 15) is 14.0 Å². The molecule has 5 nitrogen and oxygen atoms in total. The molecule has 0 radical (unpaired) electrons. The summed E-state index contributed by atoms with van der Waals surface area (Å²) < 4.78 is 19.6. The number of carbonyl (C=O) groups is 2. The maximum absolute atomic E-state index is 14.0. The second-order valence-electron chi connectivity index (χ2n) is 11.0. The van der Waals surface area contributed by atoms with Gasteiger partial charge in [-0.1, -0.05) is 70.0 Å². The Balaban J connectivity index is 1.60. The van der Waals surface area contributed by atoms with Gasteiger partial charge in [-0.25, -0.2) is 4.39 Å². The number of halogens is 1. The SMILES string of the molecule is CCCCCOc1ccc([C@H]2C3=C(C[C@@H](c4ccc(F)cc4)CC3=O)Nc3ccccc3N2C(=O)C(C)C)cc1. The zero-order valence-corrected chi connectivity index (χ0v) is 23.5. The third-order valence-electron chi connectivity index (χ3n) is 7.77. The van der Waals surface area contributed by atoms with E-state index >= 15 is 0 Å². The molecule has 0 unspecified atom stereocenters. The lowest BCUT2D eigenvalue weighted by atomic mass is 9.78. The Morgan fingerprint density at radius 1 is 0.975 bits per heavy atom. The van der Waals surface area contributed by atoms with Crippen LogP contribution in [-0.4, -0.2) is 18.3 Å². The number of amides is 1. The van der Waals surface area contributed by atoms with Crippen molar-refractivity contribution in [1.82, 2.24) is 0 Å². The van der Waals surface area contributed by atoms with Crippen molar-refractivity contribution < 1.29 is 18.7 Å². The highest BCUT2D eigenvalue weighted by atomic mass is 19.1. The largest absolute Gasteiger partial charge is 0.494 e. The van der Waals surface area contributed by atoms with E-state index < -0.39 is 6.04 Å². The number of anilines is 2. The Kier molecular flexibility index (Phi) is 8.34. The molecule has 1 aliphatic heterocycles. The molecule has 3 aromatic carbocycles. The zero-order chi connectivity index (χ0) is 28.2. The van der Waals surface area contributed by atoms with Crippen molar-refractivity contribution in [2.75, 3.05) is 16.8 Å². The van der Waals surface area contributed by atoms with Crippen molar-refractivity contribution in [3.8, 4) is 5.75 Å². The lowest BCUT2D eigenvalue weighted by Crippen LogP contribution is -2.40. The number of allylic oxidation sites excluding steroid dienone is 1. The summed E-state index contributed by atoms with van der Waals surface area (Å²) in [4.78, 5) is 29.7. The van der Waals surface area contributed by atoms with Gasteiger partial charge in [0.1, 0.15) is 11.6 Å². The molecule has 1 heterocycles. The Hall–Kier alpha value is -3.93. The number of rotatable bonds is 8. The van der Waals surface area contributed by atoms with Gasteiger partial charge in [-0.05, 0) is 66.3 Å². The van der Waals surface area contributed by atoms with E-state index in [0.29, 0.717) is 25.0 Å². The number of para-hydroxylation sites is 2. The summed E-state index contributed by atoms with van der Waals surface area (Å²) in [5, 5.41) is 3.54. The molecule has 1 aliphatic carbocycles. The van der Waals surface area contributed by atoms with Gasteiger partial charge in [0.05, 0.1) is 24.0 Å². The van der Waals surface area contributed by atoms with Crippen LogP contribution in [0.3, 0.4) is 0 Å². The Morgan fingerprint density at radius 3 is 2.38 bits per heavy atom. The first-order chi connectivity index (χ1) is 19.4. The highest BCUT2D eigenvalue weighted by Crippen LogP contribution is 2.48. The normalized spacial score (nSPS) is 18.6. The van der Waals surface area contributed by atoms with Crippen LogP contribution in [0, 0.1) is 11.7 Å². The highest BCUT2D eigenvalue weighted by Gasteiger charge is 2.42. The van der Waals surface area contributed by atoms with Crippen LogP contribution in [0.15, 0.2) is 84.1 Å². The molecule has 6 heteroatoms. The van der Waals surface area contributed by atoms with Gasteiger partial charge in [-0.15, -0.1) is 0 Å². The number of ether oxygens (including phenoxy) is 1. The summed E-state index contributed by atoms with van der Waals surface area (Å²) in [7, 11) is 0. The highest BCUT2D eigenvalue weighted by molar-refractivity contribution is 6.06. The summed E-state index contributed by atoms with van der Waals surface area (Å²) in [5.74, 6) is 0.0499. The number of ketones is 1. The first-order valence-corrected chi connectivity index (χ1v) is 14.3. The van der Waals surface area contributed by atoms with Crippen LogP contribution in [0.4, 0.5) is 15.8 Å². The van der Waals surface area contributed by atoms with E-state index in [4.69, 9.17) is 4.74 Å². The Labute approximate surface area is 236 Å². The monoisotopic (exact) mass is 540 g/mol. The van der Waals surface area contributed by atoms with Crippen molar-refractivity contribution in [3.63, 3.8) is 0 Å². The van der Waals surface area contributed by atoms with Crippen molar-refractivity contribution in [3.05, 3.63) is 101 Å².